The summed E-state index contributed by atoms with van der Waals surface area (Å²) in [5, 5.41) is 3.34. The van der Waals surface area contributed by atoms with E-state index >= 15 is 0 Å². The average Bonchev–Trinajstić information content (AvgIpc) is 2.15. The Kier molecular flexibility index (Phi) is 6.13. The molecule has 0 spiro atoms. The number of benzene rings is 1. The highest BCUT2D eigenvalue weighted by Crippen LogP contribution is 2.14. The summed E-state index contributed by atoms with van der Waals surface area (Å²) in [6, 6.07) is 7.98. The Bertz CT molecular complexity index is 246. The third-order valence-corrected chi connectivity index (χ3v) is 1.80. The van der Waals surface area contributed by atoms with Crippen LogP contribution in [0.2, 0.25) is 0 Å². The van der Waals surface area contributed by atoms with Crippen molar-refractivity contribution in [1.82, 2.24) is 0 Å². The van der Waals surface area contributed by atoms with E-state index in [1.807, 2.05) is 24.3 Å². The van der Waals surface area contributed by atoms with Gasteiger partial charge in [0.1, 0.15) is 5.75 Å². The number of nitrogens with one attached hydrogen (secondary N) is 1. The number of halogens is 1. The van der Waals surface area contributed by atoms with Gasteiger partial charge in [0.2, 0.25) is 0 Å². The second-order valence-electron chi connectivity index (χ2n) is 3.50. The summed E-state index contributed by atoms with van der Waals surface area (Å²) in [4.78, 5) is 0. The van der Waals surface area contributed by atoms with Crippen molar-refractivity contribution < 1.29 is 4.74 Å². The van der Waals surface area contributed by atoms with Crippen LogP contribution in [0.25, 0.3) is 0 Å². The molecule has 0 aliphatic carbocycles. The molecule has 0 fully saturated rings. The Morgan fingerprint density at radius 1 is 1.21 bits per heavy atom. The number of hydrogen-bond acceptors (Lipinski definition) is 2. The second kappa shape index (κ2) is 6.55. The first kappa shape index (κ1) is 13.1. The van der Waals surface area contributed by atoms with E-state index < -0.39 is 0 Å². The molecule has 1 aromatic rings. The molecule has 0 saturated carbocycles. The predicted molar refractivity (Wildman–Crippen MR) is 63.6 cm³/mol. The molecule has 0 amide bonds. The molecule has 80 valence electrons. The largest absolute Gasteiger partial charge is 0.497 e. The van der Waals surface area contributed by atoms with Crippen LogP contribution < -0.4 is 10.1 Å². The lowest BCUT2D eigenvalue weighted by Gasteiger charge is -2.09. The monoisotopic (exact) mass is 215 g/mol. The van der Waals surface area contributed by atoms with Crippen LogP contribution in [0, 0.1) is 5.92 Å². The van der Waals surface area contributed by atoms with Crippen molar-refractivity contribution in [3.05, 3.63) is 24.3 Å². The van der Waals surface area contributed by atoms with Crippen LogP contribution in [0.1, 0.15) is 13.8 Å². The first-order chi connectivity index (χ1) is 6.22. The first-order valence-corrected chi connectivity index (χ1v) is 4.60. The molecule has 0 aromatic heterocycles. The molecular formula is C11H18ClNO. The van der Waals surface area contributed by atoms with E-state index in [4.69, 9.17) is 4.74 Å². The Labute approximate surface area is 92.1 Å². The van der Waals surface area contributed by atoms with Crippen molar-refractivity contribution in [1.29, 1.82) is 0 Å². The Balaban J connectivity index is 0.00000169. The van der Waals surface area contributed by atoms with Crippen molar-refractivity contribution in [2.24, 2.45) is 5.92 Å². The van der Waals surface area contributed by atoms with Gasteiger partial charge in [-0.3, -0.25) is 0 Å². The van der Waals surface area contributed by atoms with Crippen molar-refractivity contribution in [3.63, 3.8) is 0 Å². The van der Waals surface area contributed by atoms with E-state index in [-0.39, 0.29) is 12.4 Å². The van der Waals surface area contributed by atoms with Gasteiger partial charge in [0.25, 0.3) is 0 Å². The smallest absolute Gasteiger partial charge is 0.119 e. The molecule has 3 heteroatoms. The molecule has 14 heavy (non-hydrogen) atoms. The molecular weight excluding hydrogens is 198 g/mol. The molecule has 0 radical (unpaired) electrons. The van der Waals surface area contributed by atoms with Crippen LogP contribution in [0.3, 0.4) is 0 Å². The summed E-state index contributed by atoms with van der Waals surface area (Å²) in [6.45, 7) is 5.39. The number of anilines is 1. The number of hydrogen-bond donors (Lipinski definition) is 1. The Morgan fingerprint density at radius 2 is 1.79 bits per heavy atom. The maximum absolute atomic E-state index is 5.07. The fourth-order valence-corrected chi connectivity index (χ4v) is 1.03. The van der Waals surface area contributed by atoms with Gasteiger partial charge in [-0.2, -0.15) is 0 Å². The molecule has 0 unspecified atom stereocenters. The van der Waals surface area contributed by atoms with E-state index in [9.17, 15) is 0 Å². The van der Waals surface area contributed by atoms with Crippen LogP contribution in [-0.4, -0.2) is 13.7 Å². The third-order valence-electron chi connectivity index (χ3n) is 1.80. The quantitative estimate of drug-likeness (QED) is 0.833. The maximum atomic E-state index is 5.07. The van der Waals surface area contributed by atoms with Gasteiger partial charge in [0.05, 0.1) is 7.11 Å². The van der Waals surface area contributed by atoms with E-state index in [0.29, 0.717) is 5.92 Å². The lowest BCUT2D eigenvalue weighted by molar-refractivity contribution is 0.415. The molecule has 0 aliphatic heterocycles. The van der Waals surface area contributed by atoms with Gasteiger partial charge in [0, 0.05) is 12.2 Å². The van der Waals surface area contributed by atoms with Gasteiger partial charge >= 0.3 is 0 Å². The average molecular weight is 216 g/mol. The summed E-state index contributed by atoms with van der Waals surface area (Å²) >= 11 is 0. The molecule has 0 aliphatic rings. The minimum absolute atomic E-state index is 0. The van der Waals surface area contributed by atoms with Crippen molar-refractivity contribution in [2.45, 2.75) is 13.8 Å². The highest BCUT2D eigenvalue weighted by atomic mass is 35.5. The molecule has 0 heterocycles. The van der Waals surface area contributed by atoms with Gasteiger partial charge in [-0.15, -0.1) is 12.4 Å². The van der Waals surface area contributed by atoms with E-state index in [0.717, 1.165) is 18.0 Å². The zero-order valence-electron chi connectivity index (χ0n) is 8.91. The highest BCUT2D eigenvalue weighted by Gasteiger charge is 1.95. The van der Waals surface area contributed by atoms with Crippen LogP contribution in [-0.2, 0) is 0 Å². The van der Waals surface area contributed by atoms with Crippen molar-refractivity contribution in [3.8, 4) is 5.75 Å². The predicted octanol–water partition coefficient (Wildman–Crippen LogP) is 3.18. The van der Waals surface area contributed by atoms with Gasteiger partial charge in [-0.25, -0.2) is 0 Å². The SMILES string of the molecule is COc1ccc(NCC(C)C)cc1.Cl. The van der Waals surface area contributed by atoms with Crippen LogP contribution in [0.15, 0.2) is 24.3 Å². The lowest BCUT2D eigenvalue weighted by atomic mass is 10.2. The molecule has 0 bridgehead atoms. The topological polar surface area (TPSA) is 21.3 Å². The highest BCUT2D eigenvalue weighted by molar-refractivity contribution is 5.85. The van der Waals surface area contributed by atoms with Gasteiger partial charge in [-0.05, 0) is 30.2 Å². The molecule has 0 atom stereocenters. The molecule has 2 nitrogen and oxygen atoms in total. The summed E-state index contributed by atoms with van der Waals surface area (Å²) in [6.07, 6.45) is 0. The van der Waals surface area contributed by atoms with Crippen LogP contribution in [0.4, 0.5) is 5.69 Å². The zero-order chi connectivity index (χ0) is 9.68. The van der Waals surface area contributed by atoms with E-state index in [1.165, 1.54) is 0 Å². The summed E-state index contributed by atoms with van der Waals surface area (Å²) in [5.41, 5.74) is 1.15. The van der Waals surface area contributed by atoms with Gasteiger partial charge < -0.3 is 10.1 Å². The lowest BCUT2D eigenvalue weighted by Crippen LogP contribution is -2.07. The van der Waals surface area contributed by atoms with Crippen molar-refractivity contribution >= 4 is 18.1 Å². The number of rotatable bonds is 4. The van der Waals surface area contributed by atoms with Crippen LogP contribution in [0.5, 0.6) is 5.75 Å². The normalized spacial score (nSPS) is 9.43. The summed E-state index contributed by atoms with van der Waals surface area (Å²) < 4.78 is 5.07. The van der Waals surface area contributed by atoms with Gasteiger partial charge in [-0.1, -0.05) is 13.8 Å². The molecule has 1 aromatic carbocycles. The van der Waals surface area contributed by atoms with Crippen LogP contribution >= 0.6 is 12.4 Å². The fraction of sp³-hybridized carbons (Fsp3) is 0.455. The summed E-state index contributed by atoms with van der Waals surface area (Å²) in [5.74, 6) is 1.57. The van der Waals surface area contributed by atoms with E-state index in [1.54, 1.807) is 7.11 Å². The summed E-state index contributed by atoms with van der Waals surface area (Å²) in [7, 11) is 1.68. The van der Waals surface area contributed by atoms with Crippen molar-refractivity contribution in [2.75, 3.05) is 19.0 Å². The zero-order valence-corrected chi connectivity index (χ0v) is 9.73. The molecule has 0 saturated heterocycles. The standard InChI is InChI=1S/C11H17NO.ClH/c1-9(2)8-12-10-4-6-11(13-3)7-5-10;/h4-7,9,12H,8H2,1-3H3;1H. The Hall–Kier alpha value is -0.890. The fourth-order valence-electron chi connectivity index (χ4n) is 1.03. The second-order valence-corrected chi connectivity index (χ2v) is 3.50. The van der Waals surface area contributed by atoms with E-state index in [2.05, 4.69) is 19.2 Å². The molecule has 1 rings (SSSR count). The first-order valence-electron chi connectivity index (χ1n) is 4.60. The van der Waals surface area contributed by atoms with Gasteiger partial charge in [0.15, 0.2) is 0 Å². The number of ether oxygens (including phenoxy) is 1. The minimum Gasteiger partial charge on any atom is -0.497 e. The minimum atomic E-state index is 0. The third kappa shape index (κ3) is 4.38. The maximum Gasteiger partial charge on any atom is 0.119 e. The Morgan fingerprint density at radius 3 is 2.21 bits per heavy atom. The number of methoxy groups -OCH3 is 1. The molecule has 1 N–H and O–H groups in total.